The molecule has 0 fully saturated rings. The summed E-state index contributed by atoms with van der Waals surface area (Å²) in [5, 5.41) is 13.4. The lowest BCUT2D eigenvalue weighted by Crippen LogP contribution is -2.20. The fourth-order valence-corrected chi connectivity index (χ4v) is 4.28. The Bertz CT molecular complexity index is 1280. The summed E-state index contributed by atoms with van der Waals surface area (Å²) in [5.41, 5.74) is 5.24. The van der Waals surface area contributed by atoms with Crippen LogP contribution in [0.15, 0.2) is 93.6 Å². The zero-order chi connectivity index (χ0) is 23.8. The molecule has 1 heterocycles. The number of hydrazone groups is 1. The van der Waals surface area contributed by atoms with Crippen molar-refractivity contribution in [3.05, 3.63) is 88.9 Å². The van der Waals surface area contributed by atoms with Gasteiger partial charge in [-0.25, -0.2) is 5.43 Å². The van der Waals surface area contributed by atoms with E-state index in [0.717, 1.165) is 27.0 Å². The van der Waals surface area contributed by atoms with Crippen LogP contribution in [-0.2, 0) is 4.79 Å². The molecule has 1 N–H and O–H groups in total. The van der Waals surface area contributed by atoms with Gasteiger partial charge in [-0.3, -0.25) is 9.36 Å². The van der Waals surface area contributed by atoms with Gasteiger partial charge in [-0.2, -0.15) is 5.10 Å². The SMILES string of the molecule is CCOc1ccc(-n2c(SCC(=O)N/N=C\c3ccccc3Br)nnc2-c2ccccc2)cc1. The fraction of sp³-hybridized carbons (Fsp3) is 0.120. The molecule has 0 saturated carbocycles. The van der Waals surface area contributed by atoms with Crippen LogP contribution in [0.1, 0.15) is 12.5 Å². The maximum atomic E-state index is 12.4. The lowest BCUT2D eigenvalue weighted by Gasteiger charge is -2.11. The minimum atomic E-state index is -0.240. The highest BCUT2D eigenvalue weighted by molar-refractivity contribution is 9.10. The van der Waals surface area contributed by atoms with E-state index in [4.69, 9.17) is 4.74 Å². The molecule has 0 aliphatic rings. The van der Waals surface area contributed by atoms with Gasteiger partial charge >= 0.3 is 0 Å². The van der Waals surface area contributed by atoms with E-state index in [1.807, 2.05) is 90.4 Å². The molecule has 4 rings (SSSR count). The molecule has 0 aliphatic carbocycles. The fourth-order valence-electron chi connectivity index (χ4n) is 3.14. The second-order valence-corrected chi connectivity index (χ2v) is 8.83. The Labute approximate surface area is 210 Å². The maximum absolute atomic E-state index is 12.4. The zero-order valence-corrected chi connectivity index (χ0v) is 20.8. The van der Waals surface area contributed by atoms with Crippen LogP contribution in [0.25, 0.3) is 17.1 Å². The average Bonchev–Trinajstić information content (AvgIpc) is 3.29. The highest BCUT2D eigenvalue weighted by Crippen LogP contribution is 2.28. The van der Waals surface area contributed by atoms with Gasteiger partial charge in [0.1, 0.15) is 5.75 Å². The number of aromatic nitrogens is 3. The van der Waals surface area contributed by atoms with Crippen molar-refractivity contribution in [2.75, 3.05) is 12.4 Å². The summed E-state index contributed by atoms with van der Waals surface area (Å²) in [6.07, 6.45) is 1.60. The van der Waals surface area contributed by atoms with E-state index < -0.39 is 0 Å². The molecule has 3 aromatic carbocycles. The quantitative estimate of drug-likeness (QED) is 0.178. The summed E-state index contributed by atoms with van der Waals surface area (Å²) in [5.74, 6) is 1.38. The summed E-state index contributed by atoms with van der Waals surface area (Å²) in [4.78, 5) is 12.4. The van der Waals surface area contributed by atoms with Gasteiger partial charge in [0.05, 0.1) is 18.6 Å². The van der Waals surface area contributed by atoms with E-state index in [1.54, 1.807) is 6.21 Å². The minimum absolute atomic E-state index is 0.136. The third kappa shape index (κ3) is 5.92. The normalized spacial score (nSPS) is 11.0. The molecule has 1 amide bonds. The molecule has 0 aliphatic heterocycles. The summed E-state index contributed by atoms with van der Waals surface area (Å²) in [7, 11) is 0. The number of carbonyl (C=O) groups is 1. The summed E-state index contributed by atoms with van der Waals surface area (Å²) < 4.78 is 8.40. The van der Waals surface area contributed by atoms with Crippen LogP contribution in [0.2, 0.25) is 0 Å². The third-order valence-corrected chi connectivity index (χ3v) is 6.35. The number of hydrogen-bond acceptors (Lipinski definition) is 6. The van der Waals surface area contributed by atoms with E-state index in [1.165, 1.54) is 11.8 Å². The zero-order valence-electron chi connectivity index (χ0n) is 18.4. The maximum Gasteiger partial charge on any atom is 0.250 e. The first-order valence-corrected chi connectivity index (χ1v) is 12.4. The predicted octanol–water partition coefficient (Wildman–Crippen LogP) is 5.34. The largest absolute Gasteiger partial charge is 0.494 e. The van der Waals surface area contributed by atoms with Crippen LogP contribution < -0.4 is 10.2 Å². The number of nitrogens with one attached hydrogen (secondary N) is 1. The van der Waals surface area contributed by atoms with Gasteiger partial charge in [-0.05, 0) is 37.3 Å². The number of benzene rings is 3. The van der Waals surface area contributed by atoms with Crippen LogP contribution >= 0.6 is 27.7 Å². The Morgan fingerprint density at radius 3 is 2.53 bits per heavy atom. The smallest absolute Gasteiger partial charge is 0.250 e. The van der Waals surface area contributed by atoms with E-state index in [-0.39, 0.29) is 11.7 Å². The first-order chi connectivity index (χ1) is 16.7. The van der Waals surface area contributed by atoms with Gasteiger partial charge in [0.2, 0.25) is 0 Å². The van der Waals surface area contributed by atoms with Crippen LogP contribution in [0, 0.1) is 0 Å². The Kier molecular flexibility index (Phi) is 8.11. The Balaban J connectivity index is 1.51. The van der Waals surface area contributed by atoms with Crippen molar-refractivity contribution in [1.29, 1.82) is 0 Å². The van der Waals surface area contributed by atoms with Gasteiger partial charge in [0.15, 0.2) is 11.0 Å². The Morgan fingerprint density at radius 2 is 1.79 bits per heavy atom. The number of thioether (sulfide) groups is 1. The summed E-state index contributed by atoms with van der Waals surface area (Å²) in [6.45, 7) is 2.55. The van der Waals surface area contributed by atoms with E-state index in [9.17, 15) is 4.79 Å². The predicted molar refractivity (Wildman–Crippen MR) is 139 cm³/mol. The molecular weight excluding hydrogens is 514 g/mol. The van der Waals surface area contributed by atoms with Crippen molar-refractivity contribution in [1.82, 2.24) is 20.2 Å². The molecule has 0 saturated heterocycles. The number of nitrogens with zero attached hydrogens (tertiary/aromatic N) is 4. The molecule has 0 atom stereocenters. The second-order valence-electron chi connectivity index (χ2n) is 7.04. The van der Waals surface area contributed by atoms with Crippen molar-refractivity contribution in [2.24, 2.45) is 5.10 Å². The first kappa shape index (κ1) is 23.7. The molecule has 0 radical (unpaired) electrons. The first-order valence-electron chi connectivity index (χ1n) is 10.6. The van der Waals surface area contributed by atoms with E-state index in [2.05, 4.69) is 36.7 Å². The number of hydrogen-bond donors (Lipinski definition) is 1. The topological polar surface area (TPSA) is 81.4 Å². The van der Waals surface area contributed by atoms with Crippen molar-refractivity contribution >= 4 is 39.8 Å². The lowest BCUT2D eigenvalue weighted by atomic mass is 10.2. The number of ether oxygens (including phenoxy) is 1. The van der Waals surface area contributed by atoms with Crippen molar-refractivity contribution in [3.8, 4) is 22.8 Å². The van der Waals surface area contributed by atoms with Crippen LogP contribution in [0.4, 0.5) is 0 Å². The molecule has 172 valence electrons. The highest BCUT2D eigenvalue weighted by atomic mass is 79.9. The minimum Gasteiger partial charge on any atom is -0.494 e. The highest BCUT2D eigenvalue weighted by Gasteiger charge is 2.17. The van der Waals surface area contributed by atoms with Crippen LogP contribution in [-0.4, -0.2) is 39.2 Å². The number of amides is 1. The molecule has 0 unspecified atom stereocenters. The third-order valence-electron chi connectivity index (χ3n) is 4.70. The molecule has 34 heavy (non-hydrogen) atoms. The van der Waals surface area contributed by atoms with Crippen LogP contribution in [0.5, 0.6) is 5.75 Å². The second kappa shape index (κ2) is 11.6. The average molecular weight is 536 g/mol. The number of rotatable bonds is 9. The van der Waals surface area contributed by atoms with Gasteiger partial charge in [0, 0.05) is 21.3 Å². The molecule has 7 nitrogen and oxygen atoms in total. The van der Waals surface area contributed by atoms with Crippen molar-refractivity contribution in [2.45, 2.75) is 12.1 Å². The molecule has 0 bridgehead atoms. The summed E-state index contributed by atoms with van der Waals surface area (Å²) >= 11 is 4.75. The van der Waals surface area contributed by atoms with E-state index in [0.29, 0.717) is 17.6 Å². The van der Waals surface area contributed by atoms with Crippen molar-refractivity contribution < 1.29 is 9.53 Å². The Hall–Kier alpha value is -3.43. The van der Waals surface area contributed by atoms with Gasteiger partial charge in [0.25, 0.3) is 5.91 Å². The molecular formula is C25H22BrN5O2S. The molecule has 4 aromatic rings. The molecule has 1 aromatic heterocycles. The van der Waals surface area contributed by atoms with Gasteiger partial charge in [-0.15, -0.1) is 10.2 Å². The monoisotopic (exact) mass is 535 g/mol. The summed E-state index contributed by atoms with van der Waals surface area (Å²) in [6, 6.07) is 25.2. The number of halogens is 1. The van der Waals surface area contributed by atoms with Crippen molar-refractivity contribution in [3.63, 3.8) is 0 Å². The molecule has 0 spiro atoms. The molecule has 9 heteroatoms. The lowest BCUT2D eigenvalue weighted by molar-refractivity contribution is -0.118. The van der Waals surface area contributed by atoms with Gasteiger partial charge < -0.3 is 4.74 Å². The number of carbonyl (C=O) groups excluding carboxylic acids is 1. The van der Waals surface area contributed by atoms with Gasteiger partial charge in [-0.1, -0.05) is 76.2 Å². The van der Waals surface area contributed by atoms with Crippen LogP contribution in [0.3, 0.4) is 0 Å². The van der Waals surface area contributed by atoms with E-state index >= 15 is 0 Å². The Morgan fingerprint density at radius 1 is 1.06 bits per heavy atom. The standard InChI is InChI=1S/C25H22BrN5O2S/c1-2-33-21-14-12-20(13-15-21)31-24(18-8-4-3-5-9-18)29-30-25(31)34-17-23(32)28-27-16-19-10-6-7-11-22(19)26/h3-16H,2,17H2,1H3,(H,28,32)/b27-16-.